The molecule has 1 aliphatic rings. The summed E-state index contributed by atoms with van der Waals surface area (Å²) in [5, 5.41) is 7.04. The summed E-state index contributed by atoms with van der Waals surface area (Å²) in [6, 6.07) is 6.01. The van der Waals surface area contributed by atoms with Crippen molar-refractivity contribution in [3.63, 3.8) is 0 Å². The van der Waals surface area contributed by atoms with Crippen LogP contribution in [0.2, 0.25) is 0 Å². The van der Waals surface area contributed by atoms with Gasteiger partial charge in [0.15, 0.2) is 5.82 Å². The number of rotatable bonds is 5. The fourth-order valence-corrected chi connectivity index (χ4v) is 3.08. The highest BCUT2D eigenvalue weighted by Crippen LogP contribution is 2.31. The Balaban J connectivity index is 0.00000225. The second-order valence-corrected chi connectivity index (χ2v) is 6.67. The average molecular weight is 365 g/mol. The van der Waals surface area contributed by atoms with Gasteiger partial charge in [0.1, 0.15) is 0 Å². The Labute approximate surface area is 154 Å². The third kappa shape index (κ3) is 4.72. The normalized spacial score (nSPS) is 16.2. The van der Waals surface area contributed by atoms with E-state index < -0.39 is 0 Å². The summed E-state index contributed by atoms with van der Waals surface area (Å²) < 4.78 is 5.18. The molecule has 1 aromatic carbocycles. The first-order valence-corrected chi connectivity index (χ1v) is 8.53. The van der Waals surface area contributed by atoms with Gasteiger partial charge in [-0.1, -0.05) is 25.1 Å². The van der Waals surface area contributed by atoms with Crippen LogP contribution in [0, 0.1) is 0 Å². The zero-order valence-corrected chi connectivity index (χ0v) is 15.4. The van der Waals surface area contributed by atoms with Gasteiger partial charge in [-0.05, 0) is 42.5 Å². The number of benzene rings is 1. The fraction of sp³-hybridized carbons (Fsp3) is 0.500. The minimum atomic E-state index is 0. The van der Waals surface area contributed by atoms with Crippen LogP contribution in [-0.4, -0.2) is 16.0 Å². The van der Waals surface area contributed by atoms with Gasteiger partial charge in [0, 0.05) is 24.4 Å². The molecule has 1 unspecified atom stereocenters. The molecule has 2 aromatic rings. The number of anilines is 1. The maximum Gasteiger partial charge on any atom is 0.227 e. The van der Waals surface area contributed by atoms with Gasteiger partial charge in [-0.2, -0.15) is 4.98 Å². The molecule has 7 heteroatoms. The molecule has 6 nitrogen and oxygen atoms in total. The molecule has 25 heavy (non-hydrogen) atoms. The lowest BCUT2D eigenvalue weighted by Crippen LogP contribution is -2.31. The molecule has 1 heterocycles. The van der Waals surface area contributed by atoms with Crippen molar-refractivity contribution < 1.29 is 9.32 Å². The van der Waals surface area contributed by atoms with Crippen LogP contribution in [0.25, 0.3) is 0 Å². The summed E-state index contributed by atoms with van der Waals surface area (Å²) in [6.45, 7) is 4.02. The highest BCUT2D eigenvalue weighted by atomic mass is 35.5. The summed E-state index contributed by atoms with van der Waals surface area (Å²) >= 11 is 0. The lowest BCUT2D eigenvalue weighted by Gasteiger charge is -2.26. The number of carbonyl (C=O) groups excluding carboxylic acids is 1. The number of hydrogen-bond acceptors (Lipinski definition) is 5. The minimum absolute atomic E-state index is 0. The Morgan fingerprint density at radius 1 is 1.44 bits per heavy atom. The quantitative estimate of drug-likeness (QED) is 0.793. The summed E-state index contributed by atoms with van der Waals surface area (Å²) in [5.41, 5.74) is 9.05. The van der Waals surface area contributed by atoms with Crippen LogP contribution in [-0.2, 0) is 17.6 Å². The molecule has 1 aromatic heterocycles. The smallest absolute Gasteiger partial charge is 0.227 e. The number of aryl methyl sites for hydroxylation is 2. The van der Waals surface area contributed by atoms with Crippen molar-refractivity contribution >= 4 is 24.0 Å². The molecular formula is C18H25ClN4O2. The van der Waals surface area contributed by atoms with E-state index in [9.17, 15) is 4.79 Å². The van der Waals surface area contributed by atoms with Crippen molar-refractivity contribution in [3.05, 3.63) is 41.0 Å². The first kappa shape index (κ1) is 19.2. The standard InChI is InChI=1S/C18H24N4O2.ClH/c1-11(2)18-21-17(24-22-18)9-8-16(23)20-15-5-3-4-12-10-13(19)6-7-14(12)15;/h6-7,10-11,15H,3-5,8-9,19H2,1-2H3,(H,20,23);1H. The zero-order valence-electron chi connectivity index (χ0n) is 14.6. The monoisotopic (exact) mass is 364 g/mol. The van der Waals surface area contributed by atoms with E-state index in [1.54, 1.807) is 0 Å². The predicted molar refractivity (Wildman–Crippen MR) is 98.6 cm³/mol. The van der Waals surface area contributed by atoms with Crippen LogP contribution in [0.3, 0.4) is 0 Å². The van der Waals surface area contributed by atoms with E-state index in [2.05, 4.69) is 15.5 Å². The Bertz CT molecular complexity index is 730. The summed E-state index contributed by atoms with van der Waals surface area (Å²) in [5.74, 6) is 1.44. The number of fused-ring (bicyclic) bond motifs is 1. The maximum atomic E-state index is 12.3. The molecule has 0 radical (unpaired) electrons. The summed E-state index contributed by atoms with van der Waals surface area (Å²) in [4.78, 5) is 16.6. The summed E-state index contributed by atoms with van der Waals surface area (Å²) in [6.07, 6.45) is 3.85. The van der Waals surface area contributed by atoms with Gasteiger partial charge in [-0.25, -0.2) is 0 Å². The number of hydrogen-bond donors (Lipinski definition) is 2. The van der Waals surface area contributed by atoms with Crippen LogP contribution in [0.15, 0.2) is 22.7 Å². The average Bonchev–Trinajstić information content (AvgIpc) is 3.02. The molecule has 0 saturated carbocycles. The topological polar surface area (TPSA) is 94.0 Å². The van der Waals surface area contributed by atoms with Crippen LogP contribution >= 0.6 is 12.4 Å². The van der Waals surface area contributed by atoms with Crippen LogP contribution in [0.4, 0.5) is 5.69 Å². The Morgan fingerprint density at radius 2 is 2.24 bits per heavy atom. The van der Waals surface area contributed by atoms with Gasteiger partial charge in [0.2, 0.25) is 11.8 Å². The molecule has 3 N–H and O–H groups in total. The number of nitrogen functional groups attached to an aromatic ring is 1. The minimum Gasteiger partial charge on any atom is -0.399 e. The van der Waals surface area contributed by atoms with Gasteiger partial charge >= 0.3 is 0 Å². The van der Waals surface area contributed by atoms with Gasteiger partial charge in [0.05, 0.1) is 6.04 Å². The van der Waals surface area contributed by atoms with Crippen molar-refractivity contribution in [1.29, 1.82) is 0 Å². The predicted octanol–water partition coefficient (Wildman–Crippen LogP) is 3.32. The molecule has 136 valence electrons. The van der Waals surface area contributed by atoms with E-state index >= 15 is 0 Å². The number of nitrogens with zero attached hydrogens (tertiary/aromatic N) is 2. The molecule has 1 aliphatic carbocycles. The second kappa shape index (κ2) is 8.34. The Kier molecular flexibility index (Phi) is 6.42. The lowest BCUT2D eigenvalue weighted by molar-refractivity contribution is -0.122. The summed E-state index contributed by atoms with van der Waals surface area (Å²) in [7, 11) is 0. The Hall–Kier alpha value is -2.08. The molecule has 0 aliphatic heterocycles. The van der Waals surface area contributed by atoms with E-state index in [0.29, 0.717) is 24.6 Å². The first-order valence-electron chi connectivity index (χ1n) is 8.53. The van der Waals surface area contributed by atoms with Gasteiger partial charge < -0.3 is 15.6 Å². The molecule has 1 atom stereocenters. The molecule has 0 spiro atoms. The van der Waals surface area contributed by atoms with Crippen molar-refractivity contribution in [2.45, 2.75) is 57.9 Å². The van der Waals surface area contributed by atoms with Crippen LogP contribution in [0.1, 0.15) is 67.9 Å². The highest BCUT2D eigenvalue weighted by Gasteiger charge is 2.22. The second-order valence-electron chi connectivity index (χ2n) is 6.67. The number of carbonyl (C=O) groups is 1. The van der Waals surface area contributed by atoms with Gasteiger partial charge in [-0.15, -0.1) is 12.4 Å². The number of halogens is 1. The van der Waals surface area contributed by atoms with E-state index in [-0.39, 0.29) is 30.3 Å². The molecule has 0 fully saturated rings. The zero-order chi connectivity index (χ0) is 17.1. The molecule has 0 saturated heterocycles. The van der Waals surface area contributed by atoms with Crippen LogP contribution < -0.4 is 11.1 Å². The number of nitrogens with one attached hydrogen (secondary N) is 1. The van der Waals surface area contributed by atoms with Gasteiger partial charge in [-0.3, -0.25) is 4.79 Å². The van der Waals surface area contributed by atoms with Crippen molar-refractivity contribution in [2.75, 3.05) is 5.73 Å². The third-order valence-corrected chi connectivity index (χ3v) is 4.38. The SMILES string of the molecule is CC(C)c1noc(CCC(=O)NC2CCCc3cc(N)ccc32)n1.Cl. The fourth-order valence-electron chi connectivity index (χ4n) is 3.08. The first-order chi connectivity index (χ1) is 11.5. The van der Waals surface area contributed by atoms with Crippen molar-refractivity contribution in [3.8, 4) is 0 Å². The van der Waals surface area contributed by atoms with E-state index in [4.69, 9.17) is 10.3 Å². The molecule has 3 rings (SSSR count). The maximum absolute atomic E-state index is 12.3. The van der Waals surface area contributed by atoms with Crippen molar-refractivity contribution in [2.24, 2.45) is 0 Å². The van der Waals surface area contributed by atoms with Crippen molar-refractivity contribution in [1.82, 2.24) is 15.5 Å². The number of nitrogens with two attached hydrogens (primary N) is 1. The number of aromatic nitrogens is 2. The van der Waals surface area contributed by atoms with Gasteiger partial charge in [0.25, 0.3) is 0 Å². The van der Waals surface area contributed by atoms with E-state index in [1.165, 1.54) is 11.1 Å². The molecular weight excluding hydrogens is 340 g/mol. The number of amides is 1. The van der Waals surface area contributed by atoms with E-state index in [0.717, 1.165) is 24.9 Å². The van der Waals surface area contributed by atoms with Crippen LogP contribution in [0.5, 0.6) is 0 Å². The molecule has 0 bridgehead atoms. The Morgan fingerprint density at radius 3 is 2.96 bits per heavy atom. The van der Waals surface area contributed by atoms with E-state index in [1.807, 2.05) is 32.0 Å². The lowest BCUT2D eigenvalue weighted by atomic mass is 9.87. The third-order valence-electron chi connectivity index (χ3n) is 4.38. The molecule has 1 amide bonds. The largest absolute Gasteiger partial charge is 0.399 e. The highest BCUT2D eigenvalue weighted by molar-refractivity contribution is 5.85.